The van der Waals surface area contributed by atoms with Gasteiger partial charge in [0.25, 0.3) is 11.6 Å². The maximum Gasteiger partial charge on any atom is 0.282 e. The van der Waals surface area contributed by atoms with Gasteiger partial charge in [-0.25, -0.2) is 0 Å². The fraction of sp³-hybridized carbons (Fsp3) is 0.125. The van der Waals surface area contributed by atoms with Crippen LogP contribution in [0.25, 0.3) is 0 Å². The van der Waals surface area contributed by atoms with Crippen LogP contribution < -0.4 is 15.6 Å². The Kier molecular flexibility index (Phi) is 5.45. The molecule has 124 valence electrons. The minimum Gasteiger partial charge on any atom is -0.497 e. The third-order valence-electron chi connectivity index (χ3n) is 3.18. The van der Waals surface area contributed by atoms with Crippen molar-refractivity contribution < 1.29 is 19.2 Å². The van der Waals surface area contributed by atoms with Crippen molar-refractivity contribution in [3.8, 4) is 5.75 Å². The third kappa shape index (κ3) is 4.29. The van der Waals surface area contributed by atoms with E-state index < -0.39 is 16.7 Å². The molecule has 2 amide bonds. The summed E-state index contributed by atoms with van der Waals surface area (Å²) in [4.78, 5) is 34.0. The summed E-state index contributed by atoms with van der Waals surface area (Å²) in [6.07, 6.45) is 0.0428. The summed E-state index contributed by atoms with van der Waals surface area (Å²) in [5, 5.41) is 10.9. The van der Waals surface area contributed by atoms with Crippen LogP contribution in [0.3, 0.4) is 0 Å². The molecular weight excluding hydrogens is 314 g/mol. The van der Waals surface area contributed by atoms with Crippen LogP contribution >= 0.6 is 0 Å². The molecule has 0 unspecified atom stereocenters. The van der Waals surface area contributed by atoms with Gasteiger partial charge in [0.1, 0.15) is 11.3 Å². The van der Waals surface area contributed by atoms with Crippen LogP contribution in [0, 0.1) is 10.1 Å². The van der Waals surface area contributed by atoms with E-state index in [-0.39, 0.29) is 17.7 Å². The second-order valence-electron chi connectivity index (χ2n) is 4.80. The number of nitro benzene ring substituents is 1. The van der Waals surface area contributed by atoms with Gasteiger partial charge in [-0.1, -0.05) is 24.3 Å². The van der Waals surface area contributed by atoms with E-state index in [9.17, 15) is 19.7 Å². The van der Waals surface area contributed by atoms with E-state index in [0.717, 1.165) is 5.56 Å². The summed E-state index contributed by atoms with van der Waals surface area (Å²) in [6.45, 7) is 0. The Morgan fingerprint density at radius 3 is 2.38 bits per heavy atom. The van der Waals surface area contributed by atoms with Crippen molar-refractivity contribution in [3.63, 3.8) is 0 Å². The first kappa shape index (κ1) is 16.9. The second-order valence-corrected chi connectivity index (χ2v) is 4.80. The first-order valence-electron chi connectivity index (χ1n) is 6.97. The number of para-hydroxylation sites is 1. The Morgan fingerprint density at radius 1 is 1.08 bits per heavy atom. The number of nitrogens with zero attached hydrogens (tertiary/aromatic N) is 1. The summed E-state index contributed by atoms with van der Waals surface area (Å²) in [6, 6.07) is 12.4. The molecule has 8 nitrogen and oxygen atoms in total. The van der Waals surface area contributed by atoms with Gasteiger partial charge in [-0.3, -0.25) is 30.6 Å². The summed E-state index contributed by atoms with van der Waals surface area (Å²) in [7, 11) is 1.54. The van der Waals surface area contributed by atoms with Crippen LogP contribution in [0.1, 0.15) is 15.9 Å². The summed E-state index contributed by atoms with van der Waals surface area (Å²) < 4.78 is 5.02. The first-order valence-corrected chi connectivity index (χ1v) is 6.97. The first-order chi connectivity index (χ1) is 11.5. The SMILES string of the molecule is COc1ccc(CC(=O)NNC(=O)c2ccccc2[N+](=O)[O-])cc1. The molecule has 0 spiro atoms. The number of hydrazine groups is 1. The van der Waals surface area contributed by atoms with Crippen LogP contribution in [-0.4, -0.2) is 23.8 Å². The molecule has 0 fully saturated rings. The van der Waals surface area contributed by atoms with Crippen LogP contribution in [0.2, 0.25) is 0 Å². The minimum absolute atomic E-state index is 0.0428. The number of benzene rings is 2. The molecule has 2 aromatic carbocycles. The number of carbonyl (C=O) groups excluding carboxylic acids is 2. The van der Waals surface area contributed by atoms with Gasteiger partial charge >= 0.3 is 0 Å². The van der Waals surface area contributed by atoms with E-state index in [2.05, 4.69) is 10.9 Å². The number of carbonyl (C=O) groups is 2. The Balaban J connectivity index is 1.93. The standard InChI is InChI=1S/C16H15N3O5/c1-24-12-8-6-11(7-9-12)10-15(20)17-18-16(21)13-4-2-3-5-14(13)19(22)23/h2-9H,10H2,1H3,(H,17,20)(H,18,21). The van der Waals surface area contributed by atoms with E-state index in [0.29, 0.717) is 5.75 Å². The zero-order chi connectivity index (χ0) is 17.5. The highest BCUT2D eigenvalue weighted by atomic mass is 16.6. The Hall–Kier alpha value is -3.42. The molecule has 8 heteroatoms. The normalized spacial score (nSPS) is 9.88. The Bertz CT molecular complexity index is 759. The van der Waals surface area contributed by atoms with Crippen LogP contribution in [0.15, 0.2) is 48.5 Å². The fourth-order valence-electron chi connectivity index (χ4n) is 1.99. The number of nitro groups is 1. The van der Waals surface area contributed by atoms with Gasteiger partial charge in [0.2, 0.25) is 5.91 Å². The Morgan fingerprint density at radius 2 is 1.75 bits per heavy atom. The van der Waals surface area contributed by atoms with E-state index in [1.165, 1.54) is 24.3 Å². The number of amides is 2. The molecule has 0 aliphatic carbocycles. The lowest BCUT2D eigenvalue weighted by Gasteiger charge is -2.08. The highest BCUT2D eigenvalue weighted by molar-refractivity contribution is 5.99. The number of ether oxygens (including phenoxy) is 1. The topological polar surface area (TPSA) is 111 Å². The number of methoxy groups -OCH3 is 1. The molecule has 24 heavy (non-hydrogen) atoms. The van der Waals surface area contributed by atoms with Crippen molar-refractivity contribution >= 4 is 17.5 Å². The average Bonchev–Trinajstić information content (AvgIpc) is 2.60. The molecule has 0 bridgehead atoms. The largest absolute Gasteiger partial charge is 0.497 e. The molecule has 2 rings (SSSR count). The number of nitrogens with one attached hydrogen (secondary N) is 2. The highest BCUT2D eigenvalue weighted by Crippen LogP contribution is 2.17. The van der Waals surface area contributed by atoms with Crippen molar-refractivity contribution in [3.05, 3.63) is 69.8 Å². The zero-order valence-corrected chi connectivity index (χ0v) is 12.8. The summed E-state index contributed by atoms with van der Waals surface area (Å²) >= 11 is 0. The minimum atomic E-state index is -0.759. The maximum atomic E-state index is 12.0. The van der Waals surface area contributed by atoms with Crippen molar-refractivity contribution in [1.29, 1.82) is 0 Å². The molecule has 0 saturated carbocycles. The van der Waals surface area contributed by atoms with Gasteiger partial charge in [-0.05, 0) is 23.8 Å². The number of hydrogen-bond acceptors (Lipinski definition) is 5. The van der Waals surface area contributed by atoms with Gasteiger partial charge in [0, 0.05) is 6.07 Å². The van der Waals surface area contributed by atoms with Crippen molar-refractivity contribution in [2.45, 2.75) is 6.42 Å². The molecule has 0 saturated heterocycles. The molecule has 2 aromatic rings. The highest BCUT2D eigenvalue weighted by Gasteiger charge is 2.19. The quantitative estimate of drug-likeness (QED) is 0.639. The van der Waals surface area contributed by atoms with Crippen molar-refractivity contribution in [2.24, 2.45) is 0 Å². The predicted octanol–water partition coefficient (Wildman–Crippen LogP) is 1.61. The third-order valence-corrected chi connectivity index (χ3v) is 3.18. The lowest BCUT2D eigenvalue weighted by Crippen LogP contribution is -2.42. The molecule has 0 aliphatic heterocycles. The number of hydrogen-bond donors (Lipinski definition) is 2. The maximum absolute atomic E-state index is 12.0. The molecule has 0 aliphatic rings. The van der Waals surface area contributed by atoms with Gasteiger partial charge in [-0.2, -0.15) is 0 Å². The van der Waals surface area contributed by atoms with Gasteiger partial charge in [-0.15, -0.1) is 0 Å². The van der Waals surface area contributed by atoms with Gasteiger partial charge in [0.05, 0.1) is 18.5 Å². The molecule has 0 aromatic heterocycles. The fourth-order valence-corrected chi connectivity index (χ4v) is 1.99. The predicted molar refractivity (Wildman–Crippen MR) is 85.4 cm³/mol. The van der Waals surface area contributed by atoms with Gasteiger partial charge in [0.15, 0.2) is 0 Å². The van der Waals surface area contributed by atoms with Crippen molar-refractivity contribution in [1.82, 2.24) is 10.9 Å². The van der Waals surface area contributed by atoms with E-state index in [4.69, 9.17) is 4.74 Å². The smallest absolute Gasteiger partial charge is 0.282 e. The molecular formula is C16H15N3O5. The lowest BCUT2D eigenvalue weighted by atomic mass is 10.1. The second kappa shape index (κ2) is 7.73. The van der Waals surface area contributed by atoms with Crippen LogP contribution in [-0.2, 0) is 11.2 Å². The summed E-state index contributed by atoms with van der Waals surface area (Å²) in [5.74, 6) is -0.540. The zero-order valence-electron chi connectivity index (χ0n) is 12.8. The monoisotopic (exact) mass is 329 g/mol. The summed E-state index contributed by atoms with van der Waals surface area (Å²) in [5.41, 5.74) is 4.66. The van der Waals surface area contributed by atoms with Crippen LogP contribution in [0.4, 0.5) is 5.69 Å². The Labute approximate surface area is 137 Å². The van der Waals surface area contributed by atoms with Crippen molar-refractivity contribution in [2.75, 3.05) is 7.11 Å². The van der Waals surface area contributed by atoms with Gasteiger partial charge < -0.3 is 4.74 Å². The molecule has 2 N–H and O–H groups in total. The molecule has 0 heterocycles. The van der Waals surface area contributed by atoms with E-state index in [1.54, 1.807) is 31.4 Å². The van der Waals surface area contributed by atoms with E-state index >= 15 is 0 Å². The van der Waals surface area contributed by atoms with Crippen LogP contribution in [0.5, 0.6) is 5.75 Å². The molecule has 0 atom stereocenters. The molecule has 0 radical (unpaired) electrons. The number of rotatable bonds is 5. The lowest BCUT2D eigenvalue weighted by molar-refractivity contribution is -0.385. The van der Waals surface area contributed by atoms with E-state index in [1.807, 2.05) is 0 Å². The average molecular weight is 329 g/mol.